The summed E-state index contributed by atoms with van der Waals surface area (Å²) in [5.74, 6) is -2.14. The van der Waals surface area contributed by atoms with Crippen molar-refractivity contribution in [1.82, 2.24) is 4.90 Å². The number of carbonyl (C=O) groups excluding carboxylic acids is 1. The van der Waals surface area contributed by atoms with Crippen LogP contribution in [0.1, 0.15) is 37.5 Å². The summed E-state index contributed by atoms with van der Waals surface area (Å²) in [7, 11) is 0. The fourth-order valence-corrected chi connectivity index (χ4v) is 3.86. The fraction of sp³-hybridized carbons (Fsp3) is 0.417. The van der Waals surface area contributed by atoms with Gasteiger partial charge in [0.2, 0.25) is 0 Å². The van der Waals surface area contributed by atoms with Crippen LogP contribution in [-0.2, 0) is 28.9 Å². The van der Waals surface area contributed by atoms with Crippen molar-refractivity contribution in [1.29, 1.82) is 0 Å². The third-order valence-electron chi connectivity index (χ3n) is 5.34. The Labute approximate surface area is 177 Å². The maximum atomic E-state index is 12.9. The van der Waals surface area contributed by atoms with Gasteiger partial charge in [0.05, 0.1) is 18.1 Å². The van der Waals surface area contributed by atoms with Crippen molar-refractivity contribution in [2.75, 3.05) is 0 Å². The molecule has 1 heterocycles. The minimum atomic E-state index is -1.25. The second kappa shape index (κ2) is 8.88. The molecule has 0 aliphatic carbocycles. The van der Waals surface area contributed by atoms with Gasteiger partial charge in [-0.3, -0.25) is 9.69 Å². The molecule has 3 rings (SSSR count). The van der Waals surface area contributed by atoms with E-state index in [0.717, 1.165) is 16.7 Å². The summed E-state index contributed by atoms with van der Waals surface area (Å²) in [6, 6.07) is 16.2. The van der Waals surface area contributed by atoms with Gasteiger partial charge in [0.25, 0.3) is 0 Å². The van der Waals surface area contributed by atoms with Gasteiger partial charge in [-0.1, -0.05) is 54.6 Å². The predicted octanol–water partition coefficient (Wildman–Crippen LogP) is 3.65. The van der Waals surface area contributed by atoms with Crippen LogP contribution in [0.25, 0.3) is 0 Å². The van der Waals surface area contributed by atoms with Gasteiger partial charge in [-0.15, -0.1) is 0 Å². The molecule has 1 amide bonds. The average Bonchev–Trinajstić information content (AvgIpc) is 2.70. The number of amides is 1. The number of hydrogen-bond donors (Lipinski definition) is 2. The van der Waals surface area contributed by atoms with Crippen LogP contribution in [0.2, 0.25) is 0 Å². The molecule has 1 aliphatic heterocycles. The van der Waals surface area contributed by atoms with E-state index in [2.05, 4.69) is 0 Å². The van der Waals surface area contributed by atoms with E-state index in [-0.39, 0.29) is 13.0 Å². The van der Waals surface area contributed by atoms with Crippen LogP contribution in [0.5, 0.6) is 0 Å². The number of aliphatic carboxylic acids is 1. The molecule has 0 saturated carbocycles. The van der Waals surface area contributed by atoms with Crippen LogP contribution < -0.4 is 0 Å². The molecule has 2 aromatic carbocycles. The normalized spacial score (nSPS) is 18.3. The lowest BCUT2D eigenvalue weighted by Gasteiger charge is -2.41. The molecule has 0 bridgehead atoms. The Bertz CT molecular complexity index is 890. The van der Waals surface area contributed by atoms with Crippen LogP contribution in [-0.4, -0.2) is 44.9 Å². The Morgan fingerprint density at radius 3 is 2.27 bits per heavy atom. The largest absolute Gasteiger partial charge is 0.481 e. The van der Waals surface area contributed by atoms with Crippen molar-refractivity contribution < 1.29 is 24.5 Å². The van der Waals surface area contributed by atoms with Gasteiger partial charge >= 0.3 is 12.1 Å². The SMILES string of the molecule is CC(C)(C)OC(=O)N1Cc2ccccc2C[C@@H]1[C@@H](O)[C@H](Cc1ccccc1)C(=O)O. The first kappa shape index (κ1) is 21.8. The highest BCUT2D eigenvalue weighted by Crippen LogP contribution is 2.30. The zero-order valence-corrected chi connectivity index (χ0v) is 17.6. The Morgan fingerprint density at radius 1 is 1.07 bits per heavy atom. The van der Waals surface area contributed by atoms with Crippen LogP contribution in [0.3, 0.4) is 0 Å². The maximum Gasteiger partial charge on any atom is 0.410 e. The van der Waals surface area contributed by atoms with Gasteiger partial charge in [0.1, 0.15) is 5.60 Å². The Hall–Kier alpha value is -2.86. The monoisotopic (exact) mass is 411 g/mol. The highest BCUT2D eigenvalue weighted by Gasteiger charge is 2.41. The third-order valence-corrected chi connectivity index (χ3v) is 5.34. The van der Waals surface area contributed by atoms with Crippen molar-refractivity contribution in [2.24, 2.45) is 5.92 Å². The Balaban J connectivity index is 1.91. The minimum absolute atomic E-state index is 0.178. The molecule has 6 nitrogen and oxygen atoms in total. The maximum absolute atomic E-state index is 12.9. The lowest BCUT2D eigenvalue weighted by Crippen LogP contribution is -2.55. The van der Waals surface area contributed by atoms with Gasteiger partial charge in [-0.25, -0.2) is 4.79 Å². The first-order chi connectivity index (χ1) is 14.2. The molecule has 6 heteroatoms. The van der Waals surface area contributed by atoms with Gasteiger partial charge in [-0.2, -0.15) is 0 Å². The van der Waals surface area contributed by atoms with Crippen LogP contribution in [0.4, 0.5) is 4.79 Å². The van der Waals surface area contributed by atoms with Crippen LogP contribution in [0.15, 0.2) is 54.6 Å². The summed E-state index contributed by atoms with van der Waals surface area (Å²) < 4.78 is 5.56. The number of hydrogen-bond acceptors (Lipinski definition) is 4. The second-order valence-electron chi connectivity index (χ2n) is 8.77. The highest BCUT2D eigenvalue weighted by molar-refractivity contribution is 5.72. The van der Waals surface area contributed by atoms with Crippen molar-refractivity contribution >= 4 is 12.1 Å². The topological polar surface area (TPSA) is 87.1 Å². The lowest BCUT2D eigenvalue weighted by molar-refractivity contribution is -0.148. The molecule has 0 radical (unpaired) electrons. The molecule has 0 unspecified atom stereocenters. The molecular formula is C24H29NO5. The van der Waals surface area contributed by atoms with Gasteiger partial charge in [-0.05, 0) is 50.3 Å². The molecule has 1 aliphatic rings. The zero-order chi connectivity index (χ0) is 21.9. The zero-order valence-electron chi connectivity index (χ0n) is 17.6. The Morgan fingerprint density at radius 2 is 1.67 bits per heavy atom. The number of aliphatic hydroxyl groups is 1. The molecule has 0 aromatic heterocycles. The molecule has 0 spiro atoms. The van der Waals surface area contributed by atoms with E-state index in [9.17, 15) is 19.8 Å². The number of carbonyl (C=O) groups is 2. The summed E-state index contributed by atoms with van der Waals surface area (Å²) in [6.07, 6.45) is -1.25. The molecule has 0 fully saturated rings. The number of aliphatic hydroxyl groups excluding tert-OH is 1. The molecular weight excluding hydrogens is 382 g/mol. The summed E-state index contributed by atoms with van der Waals surface area (Å²) in [5.41, 5.74) is 2.11. The first-order valence-electron chi connectivity index (χ1n) is 10.2. The van der Waals surface area contributed by atoms with Crippen LogP contribution in [0, 0.1) is 5.92 Å². The van der Waals surface area contributed by atoms with Crippen molar-refractivity contribution in [3.63, 3.8) is 0 Å². The number of carboxylic acids is 1. The van der Waals surface area contributed by atoms with E-state index >= 15 is 0 Å². The number of nitrogens with zero attached hydrogens (tertiary/aromatic N) is 1. The van der Waals surface area contributed by atoms with E-state index in [1.807, 2.05) is 54.6 Å². The fourth-order valence-electron chi connectivity index (χ4n) is 3.86. The average molecular weight is 411 g/mol. The predicted molar refractivity (Wildman–Crippen MR) is 113 cm³/mol. The number of fused-ring (bicyclic) bond motifs is 1. The number of ether oxygens (including phenoxy) is 1. The second-order valence-corrected chi connectivity index (χ2v) is 8.77. The molecule has 30 heavy (non-hydrogen) atoms. The first-order valence-corrected chi connectivity index (χ1v) is 10.2. The number of rotatable bonds is 5. The molecule has 2 aromatic rings. The number of benzene rings is 2. The summed E-state index contributed by atoms with van der Waals surface area (Å²) in [6.45, 7) is 5.61. The van der Waals surface area contributed by atoms with Gasteiger partial charge in [0, 0.05) is 6.54 Å². The number of carboxylic acid groups (broad SMARTS) is 1. The smallest absolute Gasteiger partial charge is 0.410 e. The van der Waals surface area contributed by atoms with Gasteiger partial charge < -0.3 is 14.9 Å². The van der Waals surface area contributed by atoms with Crippen molar-refractivity contribution in [3.05, 3.63) is 71.3 Å². The molecule has 160 valence electrons. The van der Waals surface area contributed by atoms with E-state index in [1.165, 1.54) is 4.90 Å². The summed E-state index contributed by atoms with van der Waals surface area (Å²) >= 11 is 0. The summed E-state index contributed by atoms with van der Waals surface area (Å²) in [5, 5.41) is 21.0. The molecule has 0 saturated heterocycles. The molecule has 2 N–H and O–H groups in total. The van der Waals surface area contributed by atoms with Crippen LogP contribution >= 0.6 is 0 Å². The van der Waals surface area contributed by atoms with E-state index in [4.69, 9.17) is 4.74 Å². The Kier molecular flexibility index (Phi) is 6.46. The van der Waals surface area contributed by atoms with Crippen molar-refractivity contribution in [3.8, 4) is 0 Å². The quantitative estimate of drug-likeness (QED) is 0.784. The minimum Gasteiger partial charge on any atom is -0.481 e. The summed E-state index contributed by atoms with van der Waals surface area (Å²) in [4.78, 5) is 26.4. The molecule has 3 atom stereocenters. The van der Waals surface area contributed by atoms with E-state index in [0.29, 0.717) is 6.42 Å². The van der Waals surface area contributed by atoms with Gasteiger partial charge in [0.15, 0.2) is 0 Å². The third kappa shape index (κ3) is 5.19. The van der Waals surface area contributed by atoms with E-state index < -0.39 is 35.7 Å². The standard InChI is InChI=1S/C24H29NO5/c1-24(2,3)30-23(29)25-15-18-12-8-7-11-17(18)14-20(25)21(26)19(22(27)28)13-16-9-5-4-6-10-16/h4-12,19-21,26H,13-15H2,1-3H3,(H,27,28)/t19-,20+,21-/m0/s1. The van der Waals surface area contributed by atoms with E-state index in [1.54, 1.807) is 20.8 Å². The van der Waals surface area contributed by atoms with Crippen molar-refractivity contribution in [2.45, 2.75) is 57.9 Å². The lowest BCUT2D eigenvalue weighted by atomic mass is 9.83. The highest BCUT2D eigenvalue weighted by atomic mass is 16.6.